The molecular formula is C15H10N2O8. The van der Waals surface area contributed by atoms with Crippen molar-refractivity contribution in [3.8, 4) is 0 Å². The molecule has 0 bridgehead atoms. The summed E-state index contributed by atoms with van der Waals surface area (Å²) in [4.78, 5) is 42.6. The van der Waals surface area contributed by atoms with Crippen LogP contribution in [0.15, 0.2) is 36.4 Å². The molecule has 0 aliphatic rings. The van der Waals surface area contributed by atoms with Crippen molar-refractivity contribution in [1.29, 1.82) is 0 Å². The predicted octanol–water partition coefficient (Wildman–Crippen LogP) is 2.49. The highest BCUT2D eigenvalue weighted by molar-refractivity contribution is 5.89. The van der Waals surface area contributed by atoms with Crippen molar-refractivity contribution in [2.45, 2.75) is 6.42 Å². The lowest BCUT2D eigenvalue weighted by Crippen LogP contribution is -2.05. The van der Waals surface area contributed by atoms with Gasteiger partial charge in [-0.1, -0.05) is 12.1 Å². The first kappa shape index (κ1) is 17.5. The van der Waals surface area contributed by atoms with Gasteiger partial charge in [-0.05, 0) is 12.1 Å². The molecule has 2 N–H and O–H groups in total. The van der Waals surface area contributed by atoms with Crippen LogP contribution in [0.1, 0.15) is 31.8 Å². The van der Waals surface area contributed by atoms with Crippen LogP contribution in [0.2, 0.25) is 0 Å². The van der Waals surface area contributed by atoms with E-state index in [2.05, 4.69) is 0 Å². The van der Waals surface area contributed by atoms with Gasteiger partial charge in [0.2, 0.25) is 0 Å². The van der Waals surface area contributed by atoms with Crippen molar-refractivity contribution in [3.05, 3.63) is 78.9 Å². The topological polar surface area (TPSA) is 161 Å². The highest BCUT2D eigenvalue weighted by atomic mass is 16.6. The average molecular weight is 346 g/mol. The summed E-state index contributed by atoms with van der Waals surface area (Å²) < 4.78 is 0. The van der Waals surface area contributed by atoms with E-state index in [9.17, 15) is 29.8 Å². The van der Waals surface area contributed by atoms with E-state index in [1.807, 2.05) is 0 Å². The van der Waals surface area contributed by atoms with Gasteiger partial charge in [-0.3, -0.25) is 20.2 Å². The summed E-state index contributed by atoms with van der Waals surface area (Å²) in [5, 5.41) is 40.1. The van der Waals surface area contributed by atoms with Crippen LogP contribution in [0, 0.1) is 20.2 Å². The number of aromatic carboxylic acids is 2. The summed E-state index contributed by atoms with van der Waals surface area (Å²) in [5.41, 5.74) is -1.41. The minimum atomic E-state index is -1.34. The van der Waals surface area contributed by atoms with Crippen LogP contribution in [0.3, 0.4) is 0 Å². The van der Waals surface area contributed by atoms with Gasteiger partial charge in [0.25, 0.3) is 11.4 Å². The molecule has 10 nitrogen and oxygen atoms in total. The Hall–Kier alpha value is -3.82. The summed E-state index contributed by atoms with van der Waals surface area (Å²) in [7, 11) is 0. The van der Waals surface area contributed by atoms with E-state index < -0.39 is 33.2 Å². The fourth-order valence-corrected chi connectivity index (χ4v) is 2.24. The Labute approximate surface area is 139 Å². The van der Waals surface area contributed by atoms with Gasteiger partial charge in [-0.25, -0.2) is 9.59 Å². The highest BCUT2D eigenvalue weighted by Gasteiger charge is 2.22. The van der Waals surface area contributed by atoms with Gasteiger partial charge in [0, 0.05) is 29.7 Å². The van der Waals surface area contributed by atoms with Crippen LogP contribution in [-0.4, -0.2) is 32.0 Å². The number of nitro groups is 2. The Morgan fingerprint density at radius 1 is 0.800 bits per heavy atom. The Balaban J connectivity index is 2.52. The maximum Gasteiger partial charge on any atom is 0.335 e. The normalized spacial score (nSPS) is 10.2. The molecular weight excluding hydrogens is 336 g/mol. The number of carboxylic acid groups (broad SMARTS) is 2. The lowest BCUT2D eigenvalue weighted by molar-refractivity contribution is -0.386. The van der Waals surface area contributed by atoms with Crippen LogP contribution >= 0.6 is 0 Å². The van der Waals surface area contributed by atoms with Crippen molar-refractivity contribution in [1.82, 2.24) is 0 Å². The Morgan fingerprint density at radius 2 is 1.16 bits per heavy atom. The van der Waals surface area contributed by atoms with Crippen molar-refractivity contribution in [2.75, 3.05) is 0 Å². The quantitative estimate of drug-likeness (QED) is 0.595. The van der Waals surface area contributed by atoms with Gasteiger partial charge < -0.3 is 10.2 Å². The van der Waals surface area contributed by atoms with Gasteiger partial charge in [-0.2, -0.15) is 0 Å². The van der Waals surface area contributed by atoms with E-state index in [-0.39, 0.29) is 28.7 Å². The molecule has 128 valence electrons. The van der Waals surface area contributed by atoms with Crippen LogP contribution in [0.4, 0.5) is 11.4 Å². The summed E-state index contributed by atoms with van der Waals surface area (Å²) in [6.45, 7) is 0. The van der Waals surface area contributed by atoms with E-state index in [1.165, 1.54) is 12.1 Å². The number of carboxylic acids is 2. The molecule has 2 rings (SSSR count). The molecule has 0 saturated heterocycles. The van der Waals surface area contributed by atoms with Gasteiger partial charge in [0.15, 0.2) is 0 Å². The number of benzene rings is 2. The predicted molar refractivity (Wildman–Crippen MR) is 82.9 cm³/mol. The largest absolute Gasteiger partial charge is 0.478 e. The molecule has 0 unspecified atom stereocenters. The smallest absolute Gasteiger partial charge is 0.335 e. The van der Waals surface area contributed by atoms with Crippen molar-refractivity contribution in [3.63, 3.8) is 0 Å². The maximum absolute atomic E-state index is 11.2. The summed E-state index contributed by atoms with van der Waals surface area (Å²) in [6, 6.07) is 6.46. The Morgan fingerprint density at radius 3 is 1.44 bits per heavy atom. The van der Waals surface area contributed by atoms with Gasteiger partial charge in [0.1, 0.15) is 0 Å². The molecule has 0 amide bonds. The number of nitro benzene ring substituents is 2. The Kier molecular flexibility index (Phi) is 4.73. The standard InChI is InChI=1S/C15H10N2O8/c18-14(19)10-3-1-8(12(6-10)16(22)23)5-9-2-4-11(15(20)21)7-13(9)17(24)25/h1-4,6-7H,5H2,(H,18,19)(H,20,21). The molecule has 0 spiro atoms. The summed E-state index contributed by atoms with van der Waals surface area (Å²) in [5.74, 6) is -2.68. The minimum absolute atomic E-state index is 0.0705. The molecule has 10 heteroatoms. The van der Waals surface area contributed by atoms with E-state index in [4.69, 9.17) is 10.2 Å². The average Bonchev–Trinajstić information content (AvgIpc) is 2.54. The fourth-order valence-electron chi connectivity index (χ4n) is 2.24. The lowest BCUT2D eigenvalue weighted by atomic mass is 9.99. The van der Waals surface area contributed by atoms with E-state index in [0.29, 0.717) is 0 Å². The molecule has 0 atom stereocenters. The third-order valence-electron chi connectivity index (χ3n) is 3.44. The first-order valence-corrected chi connectivity index (χ1v) is 6.72. The molecule has 0 radical (unpaired) electrons. The maximum atomic E-state index is 11.2. The fraction of sp³-hybridized carbons (Fsp3) is 0.0667. The van der Waals surface area contributed by atoms with Crippen LogP contribution in [0.25, 0.3) is 0 Å². The monoisotopic (exact) mass is 346 g/mol. The second kappa shape index (κ2) is 6.74. The third kappa shape index (κ3) is 3.75. The van der Waals surface area contributed by atoms with Crippen LogP contribution < -0.4 is 0 Å². The van der Waals surface area contributed by atoms with Gasteiger partial charge in [-0.15, -0.1) is 0 Å². The molecule has 0 aliphatic heterocycles. The number of hydrogen-bond donors (Lipinski definition) is 2. The van der Waals surface area contributed by atoms with Crippen LogP contribution in [0.5, 0.6) is 0 Å². The zero-order valence-corrected chi connectivity index (χ0v) is 12.4. The highest BCUT2D eigenvalue weighted by Crippen LogP contribution is 2.28. The summed E-state index contributed by atoms with van der Waals surface area (Å²) in [6.07, 6.45) is -0.230. The molecule has 0 aliphatic carbocycles. The third-order valence-corrected chi connectivity index (χ3v) is 3.44. The number of hydrogen-bond acceptors (Lipinski definition) is 6. The minimum Gasteiger partial charge on any atom is -0.478 e. The molecule has 0 heterocycles. The van der Waals surface area contributed by atoms with Crippen molar-refractivity contribution < 1.29 is 29.6 Å². The molecule has 0 saturated carbocycles. The second-order valence-corrected chi connectivity index (χ2v) is 4.99. The second-order valence-electron chi connectivity index (χ2n) is 4.99. The first-order chi connectivity index (χ1) is 11.7. The molecule has 0 fully saturated rings. The number of rotatable bonds is 6. The lowest BCUT2D eigenvalue weighted by Gasteiger charge is -2.06. The van der Waals surface area contributed by atoms with Gasteiger partial charge >= 0.3 is 11.9 Å². The first-order valence-electron chi connectivity index (χ1n) is 6.72. The van der Waals surface area contributed by atoms with E-state index in [1.54, 1.807) is 0 Å². The van der Waals surface area contributed by atoms with E-state index in [0.717, 1.165) is 24.3 Å². The molecule has 2 aromatic carbocycles. The molecule has 2 aromatic rings. The molecule has 0 aromatic heterocycles. The van der Waals surface area contributed by atoms with Crippen molar-refractivity contribution >= 4 is 23.3 Å². The SMILES string of the molecule is O=C(O)c1ccc(Cc2ccc(C(=O)O)cc2[N+](=O)[O-])c([N+](=O)[O-])c1. The number of carbonyl (C=O) groups is 2. The van der Waals surface area contributed by atoms with Gasteiger partial charge in [0.05, 0.1) is 21.0 Å². The number of nitrogens with zero attached hydrogens (tertiary/aromatic N) is 2. The van der Waals surface area contributed by atoms with Crippen molar-refractivity contribution in [2.24, 2.45) is 0 Å². The zero-order valence-electron chi connectivity index (χ0n) is 12.4. The Bertz CT molecular complexity index is 833. The summed E-state index contributed by atoms with van der Waals surface area (Å²) >= 11 is 0. The van der Waals surface area contributed by atoms with E-state index >= 15 is 0 Å². The molecule has 25 heavy (non-hydrogen) atoms. The van der Waals surface area contributed by atoms with Crippen LogP contribution in [-0.2, 0) is 6.42 Å². The zero-order chi connectivity index (χ0) is 18.7.